The van der Waals surface area contributed by atoms with Gasteiger partial charge in [0.05, 0.1) is 11.3 Å². The molecule has 0 bridgehead atoms. The summed E-state index contributed by atoms with van der Waals surface area (Å²) in [5.74, 6) is 0.355. The number of rotatable bonds is 0. The molecule has 0 saturated carbocycles. The number of hydrogen-bond donors (Lipinski definition) is 2. The van der Waals surface area contributed by atoms with Crippen LogP contribution in [0.2, 0.25) is 5.15 Å². The molecule has 2 aromatic heterocycles. The van der Waals surface area contributed by atoms with E-state index in [9.17, 15) is 4.79 Å². The number of fused-ring (bicyclic) bond motifs is 5. The lowest BCUT2D eigenvalue weighted by atomic mass is 9.87. The molecule has 5 heteroatoms. The molecule has 2 N–H and O–H groups in total. The van der Waals surface area contributed by atoms with Gasteiger partial charge in [-0.2, -0.15) is 0 Å². The van der Waals surface area contributed by atoms with Crippen LogP contribution in [0.3, 0.4) is 0 Å². The molecular weight excluding hydrogens is 274 g/mol. The maximum absolute atomic E-state index is 12.2. The van der Waals surface area contributed by atoms with Crippen LogP contribution in [0.1, 0.15) is 40.0 Å². The zero-order valence-electron chi connectivity index (χ0n) is 11.1. The first-order valence-electron chi connectivity index (χ1n) is 6.83. The summed E-state index contributed by atoms with van der Waals surface area (Å²) in [4.78, 5) is 19.8. The zero-order chi connectivity index (χ0) is 13.9. The molecule has 3 heterocycles. The number of pyridine rings is 1. The number of nitrogens with one attached hydrogen (secondary N) is 2. The highest BCUT2D eigenvalue weighted by atomic mass is 35.5. The van der Waals surface area contributed by atoms with Crippen LogP contribution in [-0.2, 0) is 12.8 Å². The fraction of sp³-hybridized carbons (Fsp3) is 0.333. The third-order valence-electron chi connectivity index (χ3n) is 4.29. The van der Waals surface area contributed by atoms with E-state index in [4.69, 9.17) is 11.6 Å². The second-order valence-corrected chi connectivity index (χ2v) is 5.93. The predicted molar refractivity (Wildman–Crippen MR) is 77.2 cm³/mol. The average molecular weight is 288 g/mol. The van der Waals surface area contributed by atoms with Gasteiger partial charge < -0.3 is 10.3 Å². The van der Waals surface area contributed by atoms with Crippen molar-refractivity contribution in [3.63, 3.8) is 0 Å². The predicted octanol–water partition coefficient (Wildman–Crippen LogP) is 2.68. The van der Waals surface area contributed by atoms with Gasteiger partial charge in [-0.15, -0.1) is 0 Å². The van der Waals surface area contributed by atoms with Crippen LogP contribution in [-0.4, -0.2) is 22.4 Å². The summed E-state index contributed by atoms with van der Waals surface area (Å²) >= 11 is 6.02. The normalized spacial score (nSPS) is 19.9. The quantitative estimate of drug-likeness (QED) is 0.732. The monoisotopic (exact) mass is 287 g/mol. The van der Waals surface area contributed by atoms with Gasteiger partial charge in [0.15, 0.2) is 0 Å². The van der Waals surface area contributed by atoms with Crippen LogP contribution in [0, 0.1) is 0 Å². The Balaban J connectivity index is 1.99. The highest BCUT2D eigenvalue weighted by Crippen LogP contribution is 2.39. The number of hydrogen-bond acceptors (Lipinski definition) is 2. The molecule has 0 aromatic carbocycles. The first-order chi connectivity index (χ1) is 9.65. The Labute approximate surface area is 121 Å². The van der Waals surface area contributed by atoms with Crippen LogP contribution < -0.4 is 5.32 Å². The number of carbonyl (C=O) groups is 1. The van der Waals surface area contributed by atoms with Gasteiger partial charge in [-0.1, -0.05) is 18.5 Å². The number of aryl methyl sites for hydroxylation is 1. The minimum Gasteiger partial charge on any atom is -0.357 e. The first-order valence-corrected chi connectivity index (χ1v) is 7.20. The molecule has 2 aromatic rings. The van der Waals surface area contributed by atoms with Crippen molar-refractivity contribution in [3.8, 4) is 11.3 Å². The van der Waals surface area contributed by atoms with Gasteiger partial charge in [0, 0.05) is 29.9 Å². The number of H-pyrrole nitrogens is 1. The molecule has 4 nitrogen and oxygen atoms in total. The lowest BCUT2D eigenvalue weighted by Crippen LogP contribution is -2.34. The summed E-state index contributed by atoms with van der Waals surface area (Å²) in [6.07, 6.45) is 3.61. The van der Waals surface area contributed by atoms with Crippen molar-refractivity contribution in [3.05, 3.63) is 39.8 Å². The van der Waals surface area contributed by atoms with Gasteiger partial charge >= 0.3 is 0 Å². The molecule has 1 unspecified atom stereocenters. The summed E-state index contributed by atoms with van der Waals surface area (Å²) in [5, 5.41) is 3.45. The van der Waals surface area contributed by atoms with Gasteiger partial charge in [0.2, 0.25) is 0 Å². The Bertz CT molecular complexity index is 735. The Morgan fingerprint density at radius 1 is 1.40 bits per heavy atom. The van der Waals surface area contributed by atoms with Crippen molar-refractivity contribution in [1.82, 2.24) is 15.3 Å². The molecule has 4 rings (SSSR count). The molecule has 1 atom stereocenters. The molecule has 0 fully saturated rings. The number of aromatic amines is 1. The topological polar surface area (TPSA) is 57.8 Å². The van der Waals surface area contributed by atoms with Crippen LogP contribution in [0.25, 0.3) is 11.3 Å². The van der Waals surface area contributed by atoms with Gasteiger partial charge in [0.25, 0.3) is 5.91 Å². The second kappa shape index (κ2) is 4.09. The van der Waals surface area contributed by atoms with Gasteiger partial charge in [0.1, 0.15) is 5.15 Å². The minimum atomic E-state index is 0.0409. The van der Waals surface area contributed by atoms with Crippen molar-refractivity contribution < 1.29 is 4.79 Å². The van der Waals surface area contributed by atoms with Crippen LogP contribution >= 0.6 is 11.6 Å². The van der Waals surface area contributed by atoms with E-state index in [0.29, 0.717) is 17.6 Å². The maximum atomic E-state index is 12.2. The summed E-state index contributed by atoms with van der Waals surface area (Å²) < 4.78 is 0. The molecular formula is C15H14ClN3O. The van der Waals surface area contributed by atoms with E-state index in [1.54, 1.807) is 0 Å². The van der Waals surface area contributed by atoms with Gasteiger partial charge in [-0.25, -0.2) is 4.98 Å². The van der Waals surface area contributed by atoms with Crippen molar-refractivity contribution in [2.45, 2.75) is 25.7 Å². The largest absolute Gasteiger partial charge is 0.357 e. The van der Waals surface area contributed by atoms with Gasteiger partial charge in [-0.3, -0.25) is 4.79 Å². The van der Waals surface area contributed by atoms with Gasteiger partial charge in [-0.05, 0) is 30.0 Å². The third kappa shape index (κ3) is 1.54. The smallest absolute Gasteiger partial charge is 0.253 e. The van der Waals surface area contributed by atoms with E-state index >= 15 is 0 Å². The maximum Gasteiger partial charge on any atom is 0.253 e. The minimum absolute atomic E-state index is 0.0409. The third-order valence-corrected chi connectivity index (χ3v) is 4.49. The molecule has 1 amide bonds. The van der Waals surface area contributed by atoms with Crippen molar-refractivity contribution in [2.75, 3.05) is 6.54 Å². The Kier molecular flexibility index (Phi) is 2.45. The highest BCUT2D eigenvalue weighted by molar-refractivity contribution is 6.29. The molecule has 102 valence electrons. The summed E-state index contributed by atoms with van der Waals surface area (Å²) in [7, 11) is 0. The fourth-order valence-corrected chi connectivity index (χ4v) is 3.41. The Hall–Kier alpha value is -1.81. The van der Waals surface area contributed by atoms with Crippen molar-refractivity contribution in [2.24, 2.45) is 0 Å². The van der Waals surface area contributed by atoms with Crippen LogP contribution in [0.15, 0.2) is 12.3 Å². The zero-order valence-corrected chi connectivity index (χ0v) is 11.8. The number of amides is 1. The molecule has 0 radical (unpaired) electrons. The lowest BCUT2D eigenvalue weighted by Gasteiger charge is -2.20. The molecule has 20 heavy (non-hydrogen) atoms. The number of carbonyl (C=O) groups excluding carboxylic acids is 1. The lowest BCUT2D eigenvalue weighted by molar-refractivity contribution is 0.0940. The number of nitrogens with zero attached hydrogens (tertiary/aromatic N) is 1. The fourth-order valence-electron chi connectivity index (χ4n) is 3.26. The van der Waals surface area contributed by atoms with E-state index < -0.39 is 0 Å². The highest BCUT2D eigenvalue weighted by Gasteiger charge is 2.32. The van der Waals surface area contributed by atoms with E-state index in [2.05, 4.69) is 22.2 Å². The molecule has 0 spiro atoms. The van der Waals surface area contributed by atoms with E-state index in [1.807, 2.05) is 12.3 Å². The van der Waals surface area contributed by atoms with Crippen LogP contribution in [0.5, 0.6) is 0 Å². The molecule has 2 aliphatic rings. The first kappa shape index (κ1) is 12.0. The average Bonchev–Trinajstić information content (AvgIpc) is 2.84. The Morgan fingerprint density at radius 3 is 3.10 bits per heavy atom. The standard InChI is InChI=1S/C15H14ClN3O/c1-7-5-18-15(20)12-9-3-2-8-6-17-11(16)4-10(8)14(9)19-13(7)12/h4,6-7,19H,2-3,5H2,1H3,(H,18,20). The van der Waals surface area contributed by atoms with E-state index in [0.717, 1.165) is 40.9 Å². The molecule has 1 aliphatic heterocycles. The summed E-state index contributed by atoms with van der Waals surface area (Å²) in [6.45, 7) is 2.82. The van der Waals surface area contributed by atoms with E-state index in [1.165, 1.54) is 5.56 Å². The SMILES string of the molecule is CC1CNC(=O)c2c1[nH]c1c2CCc2cnc(Cl)cc2-1. The molecule has 1 aliphatic carbocycles. The van der Waals surface area contributed by atoms with Crippen molar-refractivity contribution >= 4 is 17.5 Å². The number of aromatic nitrogens is 2. The number of halogens is 1. The van der Waals surface area contributed by atoms with E-state index in [-0.39, 0.29) is 5.91 Å². The Morgan fingerprint density at radius 2 is 2.25 bits per heavy atom. The van der Waals surface area contributed by atoms with Crippen molar-refractivity contribution in [1.29, 1.82) is 0 Å². The summed E-state index contributed by atoms with van der Waals surface area (Å²) in [6, 6.07) is 1.89. The van der Waals surface area contributed by atoms with Crippen LogP contribution in [0.4, 0.5) is 0 Å². The second-order valence-electron chi connectivity index (χ2n) is 5.54. The summed E-state index contributed by atoms with van der Waals surface area (Å²) in [5.41, 5.74) is 6.34. The molecule has 0 saturated heterocycles.